The van der Waals surface area contributed by atoms with Crippen LogP contribution in [0.25, 0.3) is 22.2 Å². The van der Waals surface area contributed by atoms with Gasteiger partial charge in [0.2, 0.25) is 5.43 Å². The van der Waals surface area contributed by atoms with Crippen molar-refractivity contribution in [3.8, 4) is 11.3 Å². The average molecular weight is 309 g/mol. The van der Waals surface area contributed by atoms with Crippen molar-refractivity contribution >= 4 is 16.8 Å². The second-order valence-electron chi connectivity index (χ2n) is 5.34. The second-order valence-corrected chi connectivity index (χ2v) is 5.34. The lowest BCUT2D eigenvalue weighted by atomic mass is 10.1. The van der Waals surface area contributed by atoms with E-state index >= 15 is 0 Å². The summed E-state index contributed by atoms with van der Waals surface area (Å²) in [5.74, 6) is 0.797. The zero-order chi connectivity index (χ0) is 15.6. The van der Waals surface area contributed by atoms with Crippen LogP contribution in [-0.2, 0) is 4.74 Å². The minimum atomic E-state index is -0.0847. The molecule has 2 aromatic heterocycles. The first-order chi connectivity index (χ1) is 11.3. The van der Waals surface area contributed by atoms with Gasteiger partial charge in [0.15, 0.2) is 0 Å². The number of benzene rings is 1. The van der Waals surface area contributed by atoms with Crippen LogP contribution in [0.2, 0.25) is 0 Å². The maximum absolute atomic E-state index is 12.7. The predicted octanol–water partition coefficient (Wildman–Crippen LogP) is 2.09. The third-order valence-corrected chi connectivity index (χ3v) is 3.94. The van der Waals surface area contributed by atoms with Gasteiger partial charge in [-0.25, -0.2) is 9.97 Å². The molecule has 4 rings (SSSR count). The van der Waals surface area contributed by atoms with Gasteiger partial charge in [-0.1, -0.05) is 12.1 Å². The largest absolute Gasteiger partial charge is 0.463 e. The molecule has 0 spiro atoms. The lowest BCUT2D eigenvalue weighted by Crippen LogP contribution is -2.36. The first-order valence-corrected chi connectivity index (χ1v) is 7.48. The summed E-state index contributed by atoms with van der Waals surface area (Å²) >= 11 is 0. The summed E-state index contributed by atoms with van der Waals surface area (Å²) in [6.45, 7) is 2.92. The molecule has 0 aliphatic carbocycles. The van der Waals surface area contributed by atoms with E-state index in [1.165, 1.54) is 12.6 Å². The fraction of sp³-hybridized carbons (Fsp3) is 0.235. The normalized spacial score (nSPS) is 15.0. The van der Waals surface area contributed by atoms with Crippen LogP contribution in [0.1, 0.15) is 0 Å². The summed E-state index contributed by atoms with van der Waals surface area (Å²) in [5, 5.41) is 0.552. The molecule has 0 radical (unpaired) electrons. The van der Waals surface area contributed by atoms with E-state index in [4.69, 9.17) is 9.15 Å². The standard InChI is InChI=1S/C17H15N3O3/c21-17-12-3-1-2-4-15(12)23-10-13(17)14-9-16(19-11-18-14)20-5-7-22-8-6-20/h1-4,9-11H,5-8H2. The Morgan fingerprint density at radius 3 is 2.78 bits per heavy atom. The number of para-hydroxylation sites is 1. The summed E-state index contributed by atoms with van der Waals surface area (Å²) in [5.41, 5.74) is 1.50. The Labute approximate surface area is 132 Å². The summed E-state index contributed by atoms with van der Waals surface area (Å²) in [4.78, 5) is 23.3. The lowest BCUT2D eigenvalue weighted by Gasteiger charge is -2.27. The predicted molar refractivity (Wildman–Crippen MR) is 86.5 cm³/mol. The van der Waals surface area contributed by atoms with Crippen molar-refractivity contribution in [3.05, 3.63) is 53.1 Å². The van der Waals surface area contributed by atoms with E-state index in [0.717, 1.165) is 18.9 Å². The third-order valence-electron chi connectivity index (χ3n) is 3.94. The van der Waals surface area contributed by atoms with Crippen LogP contribution in [0.4, 0.5) is 5.82 Å². The molecule has 116 valence electrons. The molecule has 1 saturated heterocycles. The van der Waals surface area contributed by atoms with Gasteiger partial charge in [0.05, 0.1) is 29.9 Å². The van der Waals surface area contributed by atoms with Crippen molar-refractivity contribution < 1.29 is 9.15 Å². The number of hydrogen-bond acceptors (Lipinski definition) is 6. The number of morpholine rings is 1. The Morgan fingerprint density at radius 2 is 1.91 bits per heavy atom. The van der Waals surface area contributed by atoms with Gasteiger partial charge in [0.1, 0.15) is 24.0 Å². The zero-order valence-corrected chi connectivity index (χ0v) is 12.4. The average Bonchev–Trinajstić information content (AvgIpc) is 2.63. The highest BCUT2D eigenvalue weighted by Crippen LogP contribution is 2.21. The highest BCUT2D eigenvalue weighted by atomic mass is 16.5. The number of ether oxygens (including phenoxy) is 1. The Kier molecular flexibility index (Phi) is 3.51. The highest BCUT2D eigenvalue weighted by Gasteiger charge is 2.15. The first-order valence-electron chi connectivity index (χ1n) is 7.48. The molecule has 3 aromatic rings. The van der Waals surface area contributed by atoms with Crippen molar-refractivity contribution in [1.82, 2.24) is 9.97 Å². The minimum Gasteiger partial charge on any atom is -0.463 e. The monoisotopic (exact) mass is 309 g/mol. The molecular weight excluding hydrogens is 294 g/mol. The topological polar surface area (TPSA) is 68.5 Å². The van der Waals surface area contributed by atoms with Crippen LogP contribution in [0.15, 0.2) is 52.1 Å². The molecule has 0 atom stereocenters. The van der Waals surface area contributed by atoms with E-state index in [2.05, 4.69) is 14.9 Å². The van der Waals surface area contributed by atoms with Gasteiger partial charge >= 0.3 is 0 Å². The van der Waals surface area contributed by atoms with Crippen LogP contribution in [-0.4, -0.2) is 36.3 Å². The molecular formula is C17H15N3O3. The van der Waals surface area contributed by atoms with Gasteiger partial charge in [-0.3, -0.25) is 4.79 Å². The van der Waals surface area contributed by atoms with Crippen LogP contribution < -0.4 is 10.3 Å². The Morgan fingerprint density at radius 1 is 1.09 bits per heavy atom. The maximum Gasteiger partial charge on any atom is 0.202 e. The Bertz CT molecular complexity index is 901. The fourth-order valence-electron chi connectivity index (χ4n) is 2.71. The molecule has 1 fully saturated rings. The van der Waals surface area contributed by atoms with Gasteiger partial charge in [-0.15, -0.1) is 0 Å². The van der Waals surface area contributed by atoms with Gasteiger partial charge in [0.25, 0.3) is 0 Å². The molecule has 0 amide bonds. The van der Waals surface area contributed by atoms with Gasteiger partial charge < -0.3 is 14.1 Å². The first kappa shape index (κ1) is 13.9. The molecule has 1 aliphatic heterocycles. The summed E-state index contributed by atoms with van der Waals surface area (Å²) < 4.78 is 10.9. The highest BCUT2D eigenvalue weighted by molar-refractivity contribution is 5.80. The van der Waals surface area contributed by atoms with Crippen molar-refractivity contribution in [1.29, 1.82) is 0 Å². The van der Waals surface area contributed by atoms with E-state index in [1.807, 2.05) is 18.2 Å². The molecule has 6 heteroatoms. The van der Waals surface area contributed by atoms with Crippen molar-refractivity contribution in [2.45, 2.75) is 0 Å². The lowest BCUT2D eigenvalue weighted by molar-refractivity contribution is 0.122. The minimum absolute atomic E-state index is 0.0847. The molecule has 0 N–H and O–H groups in total. The molecule has 0 saturated carbocycles. The van der Waals surface area contributed by atoms with Gasteiger partial charge in [-0.05, 0) is 12.1 Å². The molecule has 1 aromatic carbocycles. The van der Waals surface area contributed by atoms with E-state index in [1.54, 1.807) is 12.1 Å². The van der Waals surface area contributed by atoms with Crippen molar-refractivity contribution in [2.24, 2.45) is 0 Å². The molecule has 0 bridgehead atoms. The van der Waals surface area contributed by atoms with Crippen LogP contribution >= 0.6 is 0 Å². The van der Waals surface area contributed by atoms with E-state index in [9.17, 15) is 4.79 Å². The SMILES string of the molecule is O=c1c(-c2cc(N3CCOCC3)ncn2)coc2ccccc12. The summed E-state index contributed by atoms with van der Waals surface area (Å²) in [7, 11) is 0. The quantitative estimate of drug-likeness (QED) is 0.722. The number of fused-ring (bicyclic) bond motifs is 1. The summed E-state index contributed by atoms with van der Waals surface area (Å²) in [6.07, 6.45) is 2.95. The Hall–Kier alpha value is -2.73. The smallest absolute Gasteiger partial charge is 0.202 e. The molecule has 1 aliphatic rings. The second kappa shape index (κ2) is 5.81. The molecule has 23 heavy (non-hydrogen) atoms. The van der Waals surface area contributed by atoms with Crippen LogP contribution in [0.3, 0.4) is 0 Å². The number of anilines is 1. The maximum atomic E-state index is 12.7. The van der Waals surface area contributed by atoms with Crippen LogP contribution in [0, 0.1) is 0 Å². The van der Waals surface area contributed by atoms with Crippen molar-refractivity contribution in [3.63, 3.8) is 0 Å². The number of hydrogen-bond donors (Lipinski definition) is 0. The van der Waals surface area contributed by atoms with E-state index in [-0.39, 0.29) is 5.43 Å². The third kappa shape index (κ3) is 2.57. The number of aromatic nitrogens is 2. The molecule has 6 nitrogen and oxygen atoms in total. The van der Waals surface area contributed by atoms with E-state index in [0.29, 0.717) is 35.4 Å². The van der Waals surface area contributed by atoms with Crippen molar-refractivity contribution in [2.75, 3.05) is 31.2 Å². The fourth-order valence-corrected chi connectivity index (χ4v) is 2.71. The molecule has 3 heterocycles. The van der Waals surface area contributed by atoms with Crippen LogP contribution in [0.5, 0.6) is 0 Å². The van der Waals surface area contributed by atoms with Gasteiger partial charge in [-0.2, -0.15) is 0 Å². The van der Waals surface area contributed by atoms with E-state index < -0.39 is 0 Å². The molecule has 0 unspecified atom stereocenters. The zero-order valence-electron chi connectivity index (χ0n) is 12.4. The van der Waals surface area contributed by atoms with Gasteiger partial charge in [0, 0.05) is 19.2 Å². The number of rotatable bonds is 2. The summed E-state index contributed by atoms with van der Waals surface area (Å²) in [6, 6.07) is 9.02. The Balaban J connectivity index is 1.79. The number of nitrogens with zero attached hydrogens (tertiary/aromatic N) is 3.